The summed E-state index contributed by atoms with van der Waals surface area (Å²) in [5, 5.41) is 32.4. The van der Waals surface area contributed by atoms with E-state index in [9.17, 15) is 15.3 Å². The van der Waals surface area contributed by atoms with Crippen LogP contribution in [0.4, 0.5) is 5.82 Å². The number of aliphatic hydroxyl groups is 3. The molecule has 5 atom stereocenters. The molecule has 5 N–H and O–H groups in total. The zero-order chi connectivity index (χ0) is 19.1. The topological polar surface area (TPSA) is 127 Å². The number of rotatable bonds is 4. The molecule has 1 saturated heterocycles. The molecule has 1 fully saturated rings. The summed E-state index contributed by atoms with van der Waals surface area (Å²) in [5.74, 6) is 0.319. The molecule has 0 bridgehead atoms. The smallest absolute Gasteiger partial charge is 0.164 e. The normalized spacial score (nSPS) is 26.5. The van der Waals surface area contributed by atoms with Crippen LogP contribution in [0.5, 0.6) is 0 Å². The van der Waals surface area contributed by atoms with E-state index in [0.717, 1.165) is 12.0 Å². The zero-order valence-electron chi connectivity index (χ0n) is 14.8. The van der Waals surface area contributed by atoms with E-state index in [-0.39, 0.29) is 0 Å². The standard InChI is InChI=1S/C19H22N4O4/c1-2-10-4-3-5-11(8-10)13(24)16-14(25)15(26)19(27-16)23-7-6-12-17(20)21-9-22-18(12)23/h3-9,13-16,19,24-26H,2H2,1H3,(H2,20,21,22)/t13?,14-,15+,16?,19+/m0/s1. The Morgan fingerprint density at radius 1 is 1.22 bits per heavy atom. The maximum atomic E-state index is 10.8. The lowest BCUT2D eigenvalue weighted by Gasteiger charge is -2.22. The van der Waals surface area contributed by atoms with Crippen molar-refractivity contribution in [3.05, 3.63) is 54.0 Å². The molecule has 0 spiro atoms. The summed E-state index contributed by atoms with van der Waals surface area (Å²) in [6, 6.07) is 9.20. The van der Waals surface area contributed by atoms with Gasteiger partial charge in [0.1, 0.15) is 42.2 Å². The van der Waals surface area contributed by atoms with Crippen molar-refractivity contribution < 1.29 is 20.1 Å². The van der Waals surface area contributed by atoms with E-state index in [1.807, 2.05) is 25.1 Å². The van der Waals surface area contributed by atoms with Gasteiger partial charge in [-0.1, -0.05) is 31.2 Å². The molecule has 3 heterocycles. The van der Waals surface area contributed by atoms with Gasteiger partial charge in [-0.05, 0) is 23.6 Å². The molecule has 3 aromatic rings. The monoisotopic (exact) mass is 370 g/mol. The van der Waals surface area contributed by atoms with E-state index >= 15 is 0 Å². The Balaban J connectivity index is 1.65. The summed E-state index contributed by atoms with van der Waals surface area (Å²) < 4.78 is 7.47. The van der Waals surface area contributed by atoms with Gasteiger partial charge in [-0.2, -0.15) is 0 Å². The van der Waals surface area contributed by atoms with Crippen LogP contribution in [0.3, 0.4) is 0 Å². The van der Waals surface area contributed by atoms with Crippen LogP contribution in [0.2, 0.25) is 0 Å². The largest absolute Gasteiger partial charge is 0.387 e. The molecule has 142 valence electrons. The predicted molar refractivity (Wildman–Crippen MR) is 98.6 cm³/mol. The van der Waals surface area contributed by atoms with Crippen molar-refractivity contribution >= 4 is 16.9 Å². The predicted octanol–water partition coefficient (Wildman–Crippen LogP) is 0.929. The lowest BCUT2D eigenvalue weighted by Crippen LogP contribution is -2.34. The van der Waals surface area contributed by atoms with Crippen LogP contribution in [0, 0.1) is 0 Å². The first-order valence-corrected chi connectivity index (χ1v) is 8.86. The molecule has 1 aromatic carbocycles. The van der Waals surface area contributed by atoms with E-state index in [4.69, 9.17) is 10.5 Å². The van der Waals surface area contributed by atoms with Gasteiger partial charge < -0.3 is 30.4 Å². The minimum atomic E-state index is -1.26. The molecule has 8 heteroatoms. The van der Waals surface area contributed by atoms with Crippen LogP contribution in [-0.2, 0) is 11.2 Å². The van der Waals surface area contributed by atoms with Crippen molar-refractivity contribution in [1.82, 2.24) is 14.5 Å². The maximum absolute atomic E-state index is 10.8. The van der Waals surface area contributed by atoms with Crippen molar-refractivity contribution in [3.8, 4) is 0 Å². The molecule has 1 aliphatic heterocycles. The summed E-state index contributed by atoms with van der Waals surface area (Å²) >= 11 is 0. The van der Waals surface area contributed by atoms with Gasteiger partial charge in [-0.25, -0.2) is 9.97 Å². The Bertz CT molecular complexity index is 960. The zero-order valence-corrected chi connectivity index (χ0v) is 14.8. The van der Waals surface area contributed by atoms with Crippen LogP contribution in [0.15, 0.2) is 42.9 Å². The highest BCUT2D eigenvalue weighted by molar-refractivity contribution is 5.86. The average Bonchev–Trinajstić information content (AvgIpc) is 3.24. The van der Waals surface area contributed by atoms with Crippen LogP contribution in [0.1, 0.15) is 30.4 Å². The summed E-state index contributed by atoms with van der Waals surface area (Å²) in [5.41, 5.74) is 8.04. The van der Waals surface area contributed by atoms with Crippen molar-refractivity contribution in [2.45, 2.75) is 44.0 Å². The number of anilines is 1. The number of aromatic nitrogens is 3. The first-order chi connectivity index (χ1) is 13.0. The summed E-state index contributed by atoms with van der Waals surface area (Å²) in [7, 11) is 0. The number of hydrogen-bond acceptors (Lipinski definition) is 7. The minimum Gasteiger partial charge on any atom is -0.387 e. The van der Waals surface area contributed by atoms with Gasteiger partial charge in [0.2, 0.25) is 0 Å². The van der Waals surface area contributed by atoms with Gasteiger partial charge in [0, 0.05) is 6.20 Å². The van der Waals surface area contributed by atoms with Crippen molar-refractivity contribution in [2.75, 3.05) is 5.73 Å². The van der Waals surface area contributed by atoms with Gasteiger partial charge in [0.05, 0.1) is 5.39 Å². The Morgan fingerprint density at radius 3 is 2.81 bits per heavy atom. The van der Waals surface area contributed by atoms with Crippen molar-refractivity contribution in [3.63, 3.8) is 0 Å². The molecule has 0 radical (unpaired) electrons. The quantitative estimate of drug-likeness (QED) is 0.538. The summed E-state index contributed by atoms with van der Waals surface area (Å²) in [6.45, 7) is 2.02. The molecule has 1 aliphatic rings. The fraction of sp³-hybridized carbons (Fsp3) is 0.368. The number of nitrogen functional groups attached to an aromatic ring is 1. The molecule has 0 saturated carbocycles. The number of nitrogens with zero attached hydrogens (tertiary/aromatic N) is 3. The Labute approximate surface area is 155 Å². The second-order valence-electron chi connectivity index (χ2n) is 6.74. The molecule has 0 amide bonds. The third-order valence-electron chi connectivity index (χ3n) is 5.10. The Hall–Kier alpha value is -2.52. The summed E-state index contributed by atoms with van der Waals surface area (Å²) in [6.07, 6.45) is -1.62. The van der Waals surface area contributed by atoms with Gasteiger partial charge in [0.15, 0.2) is 6.23 Å². The molecular formula is C19H22N4O4. The van der Waals surface area contributed by atoms with E-state index in [2.05, 4.69) is 9.97 Å². The molecule has 27 heavy (non-hydrogen) atoms. The number of nitrogens with two attached hydrogens (primary N) is 1. The van der Waals surface area contributed by atoms with E-state index in [1.54, 1.807) is 22.9 Å². The van der Waals surface area contributed by atoms with Gasteiger partial charge in [-0.3, -0.25) is 0 Å². The van der Waals surface area contributed by atoms with Crippen LogP contribution < -0.4 is 5.73 Å². The number of aryl methyl sites for hydroxylation is 1. The molecule has 0 aliphatic carbocycles. The molecule has 4 rings (SSSR count). The highest BCUT2D eigenvalue weighted by Gasteiger charge is 2.47. The van der Waals surface area contributed by atoms with Gasteiger partial charge in [-0.15, -0.1) is 0 Å². The molecule has 2 unspecified atom stereocenters. The van der Waals surface area contributed by atoms with Crippen molar-refractivity contribution in [2.24, 2.45) is 0 Å². The van der Waals surface area contributed by atoms with Crippen molar-refractivity contribution in [1.29, 1.82) is 0 Å². The summed E-state index contributed by atoms with van der Waals surface area (Å²) in [4.78, 5) is 8.13. The second-order valence-corrected chi connectivity index (χ2v) is 6.74. The first kappa shape index (κ1) is 17.9. The van der Waals surface area contributed by atoms with Crippen LogP contribution in [-0.4, -0.2) is 48.2 Å². The number of benzene rings is 1. The number of aliphatic hydroxyl groups excluding tert-OH is 3. The highest BCUT2D eigenvalue weighted by atomic mass is 16.6. The Morgan fingerprint density at radius 2 is 2.04 bits per heavy atom. The second kappa shape index (κ2) is 6.90. The maximum Gasteiger partial charge on any atom is 0.164 e. The highest BCUT2D eigenvalue weighted by Crippen LogP contribution is 2.37. The van der Waals surface area contributed by atoms with Crippen LogP contribution >= 0.6 is 0 Å². The molecule has 8 nitrogen and oxygen atoms in total. The number of fused-ring (bicyclic) bond motifs is 1. The first-order valence-electron chi connectivity index (χ1n) is 8.86. The molecular weight excluding hydrogens is 348 g/mol. The fourth-order valence-electron chi connectivity index (χ4n) is 3.56. The molecule has 2 aromatic heterocycles. The number of hydrogen-bond donors (Lipinski definition) is 4. The fourth-order valence-corrected chi connectivity index (χ4v) is 3.56. The van der Waals surface area contributed by atoms with Crippen LogP contribution in [0.25, 0.3) is 11.0 Å². The van der Waals surface area contributed by atoms with Gasteiger partial charge in [0.25, 0.3) is 0 Å². The third kappa shape index (κ3) is 2.96. The average molecular weight is 370 g/mol. The Kier molecular flexibility index (Phi) is 4.56. The lowest BCUT2D eigenvalue weighted by molar-refractivity contribution is -0.0848. The van der Waals surface area contributed by atoms with E-state index < -0.39 is 30.6 Å². The SMILES string of the molecule is CCc1cccc(C(O)C2O[C@@H](n3ccc4c(N)ncnc43)[C@H](O)[C@@H]2O)c1. The number of ether oxygens (including phenoxy) is 1. The minimum absolute atomic E-state index is 0.319. The van der Waals surface area contributed by atoms with Gasteiger partial charge >= 0.3 is 0 Å². The van der Waals surface area contributed by atoms with E-state index in [0.29, 0.717) is 22.4 Å². The third-order valence-corrected chi connectivity index (χ3v) is 5.10. The van der Waals surface area contributed by atoms with E-state index in [1.165, 1.54) is 6.33 Å². The lowest BCUT2D eigenvalue weighted by atomic mass is 9.97.